The zero-order valence-electron chi connectivity index (χ0n) is 21.0. The number of halogens is 3. The minimum absolute atomic E-state index is 0.127. The van der Waals surface area contributed by atoms with Crippen molar-refractivity contribution in [2.24, 2.45) is 0 Å². The van der Waals surface area contributed by atoms with Crippen LogP contribution in [0, 0.1) is 0 Å². The molecule has 11 heteroatoms. The Labute approximate surface area is 219 Å². The van der Waals surface area contributed by atoms with Gasteiger partial charge in [-0.1, -0.05) is 43.0 Å². The third kappa shape index (κ3) is 8.91. The second kappa shape index (κ2) is 13.1. The summed E-state index contributed by atoms with van der Waals surface area (Å²) < 4.78 is 48.8. The highest BCUT2D eigenvalue weighted by Gasteiger charge is 2.29. The van der Waals surface area contributed by atoms with Gasteiger partial charge in [0.15, 0.2) is 6.61 Å². The van der Waals surface area contributed by atoms with E-state index in [9.17, 15) is 13.2 Å². The Morgan fingerprint density at radius 1 is 0.868 bits per heavy atom. The standard InChI is InChI=1S/C27H31F3N6O2/c1-19-22-8-4-20(5-9-22)16-24-34-25(36-26(35-24)38-18-27(28,29)30)33-17-21-6-10-23(11-7-21)37-15-14-31-12-2-3-13-32-19/h4-11,31-32H,1-3,12-18H2,(H,33,34,35,36). The Balaban J connectivity index is 1.54. The van der Waals surface area contributed by atoms with E-state index in [0.717, 1.165) is 60.6 Å². The summed E-state index contributed by atoms with van der Waals surface area (Å²) in [6.07, 6.45) is -2.19. The van der Waals surface area contributed by atoms with Crippen molar-refractivity contribution in [3.63, 3.8) is 0 Å². The van der Waals surface area contributed by atoms with Crippen LogP contribution in [0.1, 0.15) is 35.4 Å². The molecule has 8 nitrogen and oxygen atoms in total. The predicted octanol–water partition coefficient (Wildman–Crippen LogP) is 4.34. The van der Waals surface area contributed by atoms with Gasteiger partial charge in [0.25, 0.3) is 0 Å². The Morgan fingerprint density at radius 3 is 2.37 bits per heavy atom. The summed E-state index contributed by atoms with van der Waals surface area (Å²) in [5.41, 5.74) is 3.59. The van der Waals surface area contributed by atoms with Crippen molar-refractivity contribution in [1.29, 1.82) is 0 Å². The highest BCUT2D eigenvalue weighted by molar-refractivity contribution is 5.61. The molecule has 0 radical (unpaired) electrons. The van der Waals surface area contributed by atoms with Crippen LogP contribution in [0.5, 0.6) is 11.8 Å². The van der Waals surface area contributed by atoms with Crippen LogP contribution >= 0.6 is 0 Å². The number of benzene rings is 2. The minimum atomic E-state index is -4.51. The molecule has 0 spiro atoms. The lowest BCUT2D eigenvalue weighted by Gasteiger charge is -2.13. The van der Waals surface area contributed by atoms with E-state index in [2.05, 4.69) is 37.5 Å². The average molecular weight is 529 g/mol. The number of hydrogen-bond acceptors (Lipinski definition) is 8. The van der Waals surface area contributed by atoms with E-state index < -0.39 is 12.8 Å². The third-order valence-corrected chi connectivity index (χ3v) is 5.73. The lowest BCUT2D eigenvalue weighted by Crippen LogP contribution is -2.23. The molecule has 4 aliphatic heterocycles. The van der Waals surface area contributed by atoms with Crippen molar-refractivity contribution in [1.82, 2.24) is 25.6 Å². The second-order valence-corrected chi connectivity index (χ2v) is 8.84. The monoisotopic (exact) mass is 528 g/mol. The Bertz CT molecular complexity index is 1190. The first kappa shape index (κ1) is 27.2. The summed E-state index contributed by atoms with van der Waals surface area (Å²) in [6.45, 7) is 6.00. The molecule has 0 atom stereocenters. The predicted molar refractivity (Wildman–Crippen MR) is 139 cm³/mol. The number of rotatable bonds is 2. The molecule has 0 saturated heterocycles. The zero-order chi connectivity index (χ0) is 26.8. The Kier molecular flexibility index (Phi) is 9.36. The Morgan fingerprint density at radius 2 is 1.61 bits per heavy atom. The first-order valence-corrected chi connectivity index (χ1v) is 12.5. The average Bonchev–Trinajstić information content (AvgIpc) is 2.90. The molecule has 5 heterocycles. The van der Waals surface area contributed by atoms with Crippen LogP contribution in [0.3, 0.4) is 0 Å². The van der Waals surface area contributed by atoms with E-state index >= 15 is 0 Å². The molecule has 202 valence electrons. The fraction of sp³-hybridized carbons (Fsp3) is 0.370. The second-order valence-electron chi connectivity index (χ2n) is 8.84. The first-order chi connectivity index (χ1) is 18.3. The van der Waals surface area contributed by atoms with Gasteiger partial charge in [0.05, 0.1) is 0 Å². The van der Waals surface area contributed by atoms with Crippen LogP contribution in [0.25, 0.3) is 5.70 Å². The van der Waals surface area contributed by atoms with Crippen LogP contribution in [0.4, 0.5) is 19.1 Å². The largest absolute Gasteiger partial charge is 0.492 e. The number of alkyl halides is 3. The molecule has 4 aliphatic rings. The number of ether oxygens (including phenoxy) is 2. The molecule has 0 unspecified atom stereocenters. The minimum Gasteiger partial charge on any atom is -0.492 e. The van der Waals surface area contributed by atoms with E-state index in [1.807, 2.05) is 48.5 Å². The maximum atomic E-state index is 12.7. The summed E-state index contributed by atoms with van der Waals surface area (Å²) in [5.74, 6) is 1.17. The van der Waals surface area contributed by atoms with Gasteiger partial charge in [0.1, 0.15) is 18.2 Å². The molecule has 1 aromatic heterocycles. The van der Waals surface area contributed by atoms with Gasteiger partial charge in [-0.15, -0.1) is 0 Å². The van der Waals surface area contributed by atoms with E-state index in [1.54, 1.807) is 0 Å². The van der Waals surface area contributed by atoms with Crippen molar-refractivity contribution in [2.75, 3.05) is 38.2 Å². The molecule has 0 fully saturated rings. The van der Waals surface area contributed by atoms with E-state index in [1.165, 1.54) is 0 Å². The summed E-state index contributed by atoms with van der Waals surface area (Å²) in [6, 6.07) is 14.9. The maximum Gasteiger partial charge on any atom is 0.422 e. The van der Waals surface area contributed by atoms with Crippen LogP contribution in [0.2, 0.25) is 0 Å². The quantitative estimate of drug-likeness (QED) is 0.453. The summed E-state index contributed by atoms with van der Waals surface area (Å²) >= 11 is 0. The van der Waals surface area contributed by atoms with Crippen LogP contribution in [-0.4, -0.2) is 54.0 Å². The highest BCUT2D eigenvalue weighted by atomic mass is 19.4. The maximum absolute atomic E-state index is 12.7. The Hall–Kier alpha value is -3.86. The van der Waals surface area contributed by atoms with Crippen LogP contribution in [-0.2, 0) is 13.0 Å². The molecule has 3 aromatic rings. The van der Waals surface area contributed by atoms with Gasteiger partial charge >= 0.3 is 12.2 Å². The lowest BCUT2D eigenvalue weighted by atomic mass is 10.1. The van der Waals surface area contributed by atoms with E-state index in [4.69, 9.17) is 9.47 Å². The smallest absolute Gasteiger partial charge is 0.422 e. The number of hydrogen-bond donors (Lipinski definition) is 3. The van der Waals surface area contributed by atoms with Crippen molar-refractivity contribution in [3.8, 4) is 11.8 Å². The van der Waals surface area contributed by atoms with Gasteiger partial charge in [0, 0.05) is 31.8 Å². The van der Waals surface area contributed by atoms with Crippen molar-refractivity contribution in [3.05, 3.63) is 77.6 Å². The topological polar surface area (TPSA) is 93.2 Å². The first-order valence-electron chi connectivity index (χ1n) is 12.5. The molecule has 6 bridgehead atoms. The molecule has 2 aromatic carbocycles. The highest BCUT2D eigenvalue weighted by Crippen LogP contribution is 2.19. The van der Waals surface area contributed by atoms with E-state index in [0.29, 0.717) is 19.6 Å². The van der Waals surface area contributed by atoms with Crippen LogP contribution in [0.15, 0.2) is 55.1 Å². The summed E-state index contributed by atoms with van der Waals surface area (Å²) in [7, 11) is 0. The molecule has 0 aliphatic carbocycles. The van der Waals surface area contributed by atoms with Gasteiger partial charge in [-0.2, -0.15) is 28.1 Å². The summed E-state index contributed by atoms with van der Waals surface area (Å²) in [4.78, 5) is 12.5. The molecule has 0 amide bonds. The number of anilines is 1. The molecular weight excluding hydrogens is 497 g/mol. The third-order valence-electron chi connectivity index (χ3n) is 5.73. The lowest BCUT2D eigenvalue weighted by molar-refractivity contribution is -0.154. The van der Waals surface area contributed by atoms with Gasteiger partial charge in [-0.05, 0) is 48.2 Å². The zero-order valence-corrected chi connectivity index (χ0v) is 21.0. The number of aromatic nitrogens is 3. The normalized spacial score (nSPS) is 15.6. The fourth-order valence-electron chi connectivity index (χ4n) is 3.74. The van der Waals surface area contributed by atoms with Gasteiger partial charge < -0.3 is 25.4 Å². The van der Waals surface area contributed by atoms with Gasteiger partial charge in [-0.3, -0.25) is 0 Å². The molecule has 7 rings (SSSR count). The SMILES string of the molecule is C=C1NCCCCNCCOc2ccc(cc2)CNc2nc(nc(OCC(F)(F)F)n2)Cc2ccc1cc2. The van der Waals surface area contributed by atoms with Crippen molar-refractivity contribution >= 4 is 11.6 Å². The van der Waals surface area contributed by atoms with Gasteiger partial charge in [-0.25, -0.2) is 0 Å². The number of nitrogens with zero attached hydrogens (tertiary/aromatic N) is 3. The summed E-state index contributed by atoms with van der Waals surface area (Å²) in [5, 5.41) is 9.79. The van der Waals surface area contributed by atoms with Gasteiger partial charge in [0.2, 0.25) is 5.95 Å². The molecular formula is C27H31F3N6O2. The molecule has 3 N–H and O–H groups in total. The number of nitrogens with one attached hydrogen (secondary N) is 3. The molecule has 38 heavy (non-hydrogen) atoms. The van der Waals surface area contributed by atoms with Crippen molar-refractivity contribution < 1.29 is 22.6 Å². The molecule has 0 saturated carbocycles. The van der Waals surface area contributed by atoms with Crippen molar-refractivity contribution in [2.45, 2.75) is 32.0 Å². The fourth-order valence-corrected chi connectivity index (χ4v) is 3.74. The van der Waals surface area contributed by atoms with Crippen LogP contribution < -0.4 is 25.4 Å². The van der Waals surface area contributed by atoms with E-state index in [-0.39, 0.29) is 17.8 Å².